The molecule has 0 bridgehead atoms. The number of methoxy groups -OCH3 is 1. The molecule has 4 heterocycles. The predicted octanol–water partition coefficient (Wildman–Crippen LogP) is 4.88. The lowest BCUT2D eigenvalue weighted by molar-refractivity contribution is 0.217. The number of anilines is 2. The van der Waals surface area contributed by atoms with Crippen molar-refractivity contribution in [1.82, 2.24) is 24.2 Å². The molecule has 1 saturated heterocycles. The van der Waals surface area contributed by atoms with Gasteiger partial charge in [0.1, 0.15) is 9.86 Å². The van der Waals surface area contributed by atoms with Gasteiger partial charge < -0.3 is 15.4 Å². The van der Waals surface area contributed by atoms with E-state index in [9.17, 15) is 13.2 Å². The van der Waals surface area contributed by atoms with E-state index in [1.54, 1.807) is 10.8 Å². The van der Waals surface area contributed by atoms with Gasteiger partial charge in [0.05, 0.1) is 18.9 Å². The van der Waals surface area contributed by atoms with Crippen molar-refractivity contribution in [3.63, 3.8) is 0 Å². The first-order chi connectivity index (χ1) is 20.8. The summed E-state index contributed by atoms with van der Waals surface area (Å²) in [6.45, 7) is 4.23. The number of nitrogens with one attached hydrogen (secondary N) is 2. The van der Waals surface area contributed by atoms with Gasteiger partial charge in [-0.1, -0.05) is 17.7 Å². The van der Waals surface area contributed by atoms with Gasteiger partial charge in [-0.2, -0.15) is 9.36 Å². The van der Waals surface area contributed by atoms with Crippen molar-refractivity contribution in [3.05, 3.63) is 75.3 Å². The number of nitrogens with zero attached hydrogens (tertiary/aromatic N) is 4. The van der Waals surface area contributed by atoms with Crippen molar-refractivity contribution >= 4 is 49.6 Å². The Morgan fingerprint density at radius 2 is 2.00 bits per heavy atom. The molecule has 1 unspecified atom stereocenters. The summed E-state index contributed by atoms with van der Waals surface area (Å²) in [7, 11) is -2.17. The van der Waals surface area contributed by atoms with E-state index in [0.29, 0.717) is 34.0 Å². The molecule has 3 aromatic heterocycles. The van der Waals surface area contributed by atoms with E-state index in [4.69, 9.17) is 9.72 Å². The fourth-order valence-electron chi connectivity index (χ4n) is 6.01. The van der Waals surface area contributed by atoms with Crippen molar-refractivity contribution in [3.8, 4) is 0 Å². The van der Waals surface area contributed by atoms with Crippen LogP contribution in [0.4, 0.5) is 11.6 Å². The minimum Gasteiger partial charge on any atom is -0.384 e. The summed E-state index contributed by atoms with van der Waals surface area (Å²) in [6.07, 6.45) is 8.40. The Labute approximate surface area is 255 Å². The number of fused-ring (bicyclic) bond motifs is 1. The number of benzene rings is 1. The molecule has 0 spiro atoms. The third-order valence-electron chi connectivity index (χ3n) is 8.35. The first-order valence-electron chi connectivity index (χ1n) is 14.7. The number of sulfone groups is 1. The number of hydrogen-bond donors (Lipinski definition) is 2. The Morgan fingerprint density at radius 3 is 2.72 bits per heavy atom. The molecule has 0 amide bonds. The number of hydrogen-bond acceptors (Lipinski definition) is 10. The third kappa shape index (κ3) is 6.28. The van der Waals surface area contributed by atoms with E-state index in [2.05, 4.69) is 39.0 Å². The van der Waals surface area contributed by atoms with E-state index in [0.717, 1.165) is 55.1 Å². The molecule has 2 N–H and O–H groups in total. The summed E-state index contributed by atoms with van der Waals surface area (Å²) in [5.41, 5.74) is 5.70. The van der Waals surface area contributed by atoms with Crippen LogP contribution in [0.5, 0.6) is 0 Å². The van der Waals surface area contributed by atoms with Crippen LogP contribution < -0.4 is 16.2 Å². The van der Waals surface area contributed by atoms with E-state index in [-0.39, 0.29) is 28.7 Å². The molecule has 1 aliphatic heterocycles. The SMILES string of the molecule is COCCS(=O)(=O)c1sncc1Cn1c(=O)c(C2=C(C)CCC2)cc2cnc(Nc3ccc(C4CCCNC4)cc3)nc21. The average molecular weight is 621 g/mol. The number of piperidine rings is 1. The Balaban J connectivity index is 1.38. The summed E-state index contributed by atoms with van der Waals surface area (Å²) < 4.78 is 37.0. The number of allylic oxidation sites excluding steroid dienone is 2. The monoisotopic (exact) mass is 620 g/mol. The van der Waals surface area contributed by atoms with Crippen molar-refractivity contribution in [2.45, 2.75) is 55.7 Å². The maximum absolute atomic E-state index is 14.1. The molecule has 1 aromatic carbocycles. The van der Waals surface area contributed by atoms with Gasteiger partial charge in [0, 0.05) is 48.2 Å². The molecule has 43 heavy (non-hydrogen) atoms. The summed E-state index contributed by atoms with van der Waals surface area (Å²) >= 11 is 0.916. The van der Waals surface area contributed by atoms with Crippen LogP contribution in [-0.4, -0.2) is 59.9 Å². The van der Waals surface area contributed by atoms with Gasteiger partial charge in [-0.25, -0.2) is 13.4 Å². The Bertz CT molecular complexity index is 1820. The van der Waals surface area contributed by atoms with Crippen LogP contribution in [0, 0.1) is 0 Å². The van der Waals surface area contributed by atoms with Gasteiger partial charge in [-0.05, 0) is 92.4 Å². The maximum Gasteiger partial charge on any atom is 0.260 e. The molecule has 2 aliphatic rings. The van der Waals surface area contributed by atoms with Gasteiger partial charge in [0.15, 0.2) is 9.84 Å². The van der Waals surface area contributed by atoms with Crippen molar-refractivity contribution < 1.29 is 13.2 Å². The van der Waals surface area contributed by atoms with Crippen LogP contribution in [0.3, 0.4) is 0 Å². The minimum atomic E-state index is -3.63. The summed E-state index contributed by atoms with van der Waals surface area (Å²) in [6, 6.07) is 10.2. The zero-order valence-electron chi connectivity index (χ0n) is 24.4. The second-order valence-electron chi connectivity index (χ2n) is 11.3. The second kappa shape index (κ2) is 12.7. The van der Waals surface area contributed by atoms with Crippen molar-refractivity contribution in [2.24, 2.45) is 0 Å². The number of aromatic nitrogens is 4. The number of ether oxygens (including phenoxy) is 1. The van der Waals surface area contributed by atoms with Gasteiger partial charge in [-0.3, -0.25) is 9.36 Å². The van der Waals surface area contributed by atoms with Crippen LogP contribution in [0.15, 0.2) is 57.3 Å². The largest absolute Gasteiger partial charge is 0.384 e. The molecule has 12 heteroatoms. The highest BCUT2D eigenvalue weighted by Gasteiger charge is 2.25. The van der Waals surface area contributed by atoms with Crippen LogP contribution in [0.25, 0.3) is 16.6 Å². The lowest BCUT2D eigenvalue weighted by Crippen LogP contribution is -2.28. The van der Waals surface area contributed by atoms with Crippen LogP contribution in [0.1, 0.15) is 61.6 Å². The van der Waals surface area contributed by atoms with Gasteiger partial charge in [0.2, 0.25) is 5.95 Å². The summed E-state index contributed by atoms with van der Waals surface area (Å²) in [5.74, 6) is 0.706. The molecule has 1 atom stereocenters. The molecule has 10 nitrogen and oxygen atoms in total. The molecule has 6 rings (SSSR count). The average Bonchev–Trinajstić information content (AvgIpc) is 3.68. The summed E-state index contributed by atoms with van der Waals surface area (Å²) in [4.78, 5) is 23.4. The third-order valence-corrected chi connectivity index (χ3v) is 11.5. The fraction of sp³-hybridized carbons (Fsp3) is 0.419. The lowest BCUT2D eigenvalue weighted by atomic mass is 9.92. The topological polar surface area (TPSA) is 128 Å². The molecule has 0 saturated carbocycles. The van der Waals surface area contributed by atoms with Crippen molar-refractivity contribution in [1.29, 1.82) is 0 Å². The quantitative estimate of drug-likeness (QED) is 0.255. The normalized spacial score (nSPS) is 17.6. The van der Waals surface area contributed by atoms with E-state index >= 15 is 0 Å². The van der Waals surface area contributed by atoms with Gasteiger partial charge >= 0.3 is 0 Å². The van der Waals surface area contributed by atoms with Crippen LogP contribution >= 0.6 is 11.5 Å². The first-order valence-corrected chi connectivity index (χ1v) is 17.1. The second-order valence-corrected chi connectivity index (χ2v) is 14.4. The highest BCUT2D eigenvalue weighted by atomic mass is 32.2. The molecule has 1 fully saturated rings. The fourth-order valence-corrected chi connectivity index (χ4v) is 8.44. The lowest BCUT2D eigenvalue weighted by Gasteiger charge is -2.23. The predicted molar refractivity (Wildman–Crippen MR) is 170 cm³/mol. The standard InChI is InChI=1S/C31H36N6O4S2/c1-20-5-3-7-26(20)27-15-23-17-33-31(35-25-10-8-21(9-11-25)22-6-4-12-32-16-22)36-28(23)37(29(27)38)19-24-18-34-42-30(24)43(39,40)14-13-41-2/h8-11,15,17-18,22,32H,3-7,12-14,16,19H2,1-2H3,(H,33,35,36). The van der Waals surface area contributed by atoms with Crippen LogP contribution in [-0.2, 0) is 21.1 Å². The molecule has 4 aromatic rings. The Morgan fingerprint density at radius 1 is 1.16 bits per heavy atom. The molecule has 1 aliphatic carbocycles. The van der Waals surface area contributed by atoms with E-state index in [1.807, 2.05) is 18.2 Å². The Hall–Kier alpha value is -3.45. The molecular weight excluding hydrogens is 585 g/mol. The number of rotatable bonds is 10. The minimum absolute atomic E-state index is 0.0219. The molecular formula is C31H36N6O4S2. The van der Waals surface area contributed by atoms with Gasteiger partial charge in [-0.15, -0.1) is 0 Å². The zero-order chi connectivity index (χ0) is 30.0. The highest BCUT2D eigenvalue weighted by molar-refractivity contribution is 7.93. The molecule has 0 radical (unpaired) electrons. The maximum atomic E-state index is 14.1. The summed E-state index contributed by atoms with van der Waals surface area (Å²) in [5, 5.41) is 7.46. The van der Waals surface area contributed by atoms with Crippen molar-refractivity contribution in [2.75, 3.05) is 37.9 Å². The molecule has 226 valence electrons. The van der Waals surface area contributed by atoms with Crippen LogP contribution in [0.2, 0.25) is 0 Å². The smallest absolute Gasteiger partial charge is 0.260 e. The number of pyridine rings is 1. The highest BCUT2D eigenvalue weighted by Crippen LogP contribution is 2.33. The zero-order valence-corrected chi connectivity index (χ0v) is 26.1. The Kier molecular flexibility index (Phi) is 8.71. The van der Waals surface area contributed by atoms with E-state index in [1.165, 1.54) is 37.3 Å². The van der Waals surface area contributed by atoms with E-state index < -0.39 is 9.84 Å². The first kappa shape index (κ1) is 29.6. The van der Waals surface area contributed by atoms with Gasteiger partial charge in [0.25, 0.3) is 5.56 Å².